The van der Waals surface area contributed by atoms with E-state index in [-0.39, 0.29) is 29.7 Å². The van der Waals surface area contributed by atoms with Crippen molar-refractivity contribution in [2.45, 2.75) is 117 Å². The van der Waals surface area contributed by atoms with Gasteiger partial charge in [0.2, 0.25) is 17.6 Å². The summed E-state index contributed by atoms with van der Waals surface area (Å²) >= 11 is 0. The predicted molar refractivity (Wildman–Crippen MR) is 171 cm³/mol. The first-order chi connectivity index (χ1) is 20.7. The van der Waals surface area contributed by atoms with Crippen LogP contribution >= 0.6 is 0 Å². The van der Waals surface area contributed by atoms with Gasteiger partial charge in [-0.05, 0) is 31.4 Å². The fourth-order valence-corrected chi connectivity index (χ4v) is 5.74. The molecule has 1 fully saturated rings. The number of benzene rings is 1. The zero-order chi connectivity index (χ0) is 31.8. The maximum atomic E-state index is 13.5. The monoisotopic (exact) mass is 603 g/mol. The number of amides is 3. The van der Waals surface area contributed by atoms with Crippen LogP contribution in [0.15, 0.2) is 12.1 Å². The maximum absolute atomic E-state index is 13.5. The smallest absolute Gasteiger partial charge is 0.254 e. The average Bonchev–Trinajstić information content (AvgIpc) is 3.00. The SMILES string of the molecule is CCCCCCCCCCCCCC(=O)NC(C(=O)N1CCN(C(=O)c2cc(OC)c(OC)c(OC)c2)C(C)C1)C(C)C. The molecule has 0 bridgehead atoms. The number of hydrogen-bond donors (Lipinski definition) is 1. The molecule has 9 nitrogen and oxygen atoms in total. The van der Waals surface area contributed by atoms with Crippen molar-refractivity contribution in [3.63, 3.8) is 0 Å². The van der Waals surface area contributed by atoms with Crippen molar-refractivity contribution in [2.24, 2.45) is 5.92 Å². The summed E-state index contributed by atoms with van der Waals surface area (Å²) in [5.41, 5.74) is 0.427. The van der Waals surface area contributed by atoms with Crippen molar-refractivity contribution in [3.8, 4) is 17.2 Å². The molecular weight excluding hydrogens is 546 g/mol. The second kappa shape index (κ2) is 19.3. The molecule has 244 valence electrons. The number of rotatable bonds is 19. The molecule has 1 heterocycles. The molecule has 0 spiro atoms. The third-order valence-electron chi connectivity index (χ3n) is 8.37. The van der Waals surface area contributed by atoms with Crippen LogP contribution in [0.1, 0.15) is 115 Å². The van der Waals surface area contributed by atoms with Crippen molar-refractivity contribution < 1.29 is 28.6 Å². The number of nitrogens with one attached hydrogen (secondary N) is 1. The second-order valence-corrected chi connectivity index (χ2v) is 12.1. The maximum Gasteiger partial charge on any atom is 0.254 e. The summed E-state index contributed by atoms with van der Waals surface area (Å²) in [6, 6.07) is 2.51. The van der Waals surface area contributed by atoms with E-state index in [0.29, 0.717) is 48.9 Å². The van der Waals surface area contributed by atoms with Crippen LogP contribution in [0.4, 0.5) is 0 Å². The molecule has 1 N–H and O–H groups in total. The van der Waals surface area contributed by atoms with Crippen LogP contribution in [0.5, 0.6) is 17.2 Å². The highest BCUT2D eigenvalue weighted by Crippen LogP contribution is 2.38. The number of nitrogens with zero attached hydrogens (tertiary/aromatic N) is 2. The molecule has 1 aliphatic rings. The van der Waals surface area contributed by atoms with Crippen molar-refractivity contribution >= 4 is 17.7 Å². The Hall–Kier alpha value is -2.97. The lowest BCUT2D eigenvalue weighted by Gasteiger charge is -2.41. The Balaban J connectivity index is 1.84. The Morgan fingerprint density at radius 1 is 0.837 bits per heavy atom. The van der Waals surface area contributed by atoms with Crippen LogP contribution in [-0.4, -0.2) is 80.6 Å². The summed E-state index contributed by atoms with van der Waals surface area (Å²) < 4.78 is 16.2. The van der Waals surface area contributed by atoms with Gasteiger partial charge in [0.25, 0.3) is 5.91 Å². The summed E-state index contributed by atoms with van der Waals surface area (Å²) in [7, 11) is 4.55. The van der Waals surface area contributed by atoms with E-state index in [9.17, 15) is 14.4 Å². The fraction of sp³-hybridized carbons (Fsp3) is 0.735. The molecule has 1 saturated heterocycles. The number of carbonyl (C=O) groups is 3. The van der Waals surface area contributed by atoms with Crippen LogP contribution in [-0.2, 0) is 9.59 Å². The molecule has 0 saturated carbocycles. The predicted octanol–water partition coefficient (Wildman–Crippen LogP) is 6.23. The molecule has 1 aliphatic heterocycles. The van der Waals surface area contributed by atoms with Gasteiger partial charge in [0.1, 0.15) is 6.04 Å². The van der Waals surface area contributed by atoms with E-state index in [1.807, 2.05) is 20.8 Å². The highest BCUT2D eigenvalue weighted by Gasteiger charge is 2.35. The van der Waals surface area contributed by atoms with E-state index in [4.69, 9.17) is 14.2 Å². The summed E-state index contributed by atoms with van der Waals surface area (Å²) in [5.74, 6) is 0.893. The van der Waals surface area contributed by atoms with Crippen molar-refractivity contribution in [1.82, 2.24) is 15.1 Å². The van der Waals surface area contributed by atoms with E-state index in [1.54, 1.807) is 21.9 Å². The first kappa shape index (κ1) is 36.2. The normalized spacial score (nSPS) is 15.8. The minimum absolute atomic E-state index is 0.0389. The fourth-order valence-electron chi connectivity index (χ4n) is 5.74. The molecule has 3 amide bonds. The molecule has 0 aliphatic carbocycles. The number of ether oxygens (including phenoxy) is 3. The molecule has 2 unspecified atom stereocenters. The van der Waals surface area contributed by atoms with Crippen LogP contribution in [0, 0.1) is 5.92 Å². The number of piperazine rings is 1. The highest BCUT2D eigenvalue weighted by atomic mass is 16.5. The largest absolute Gasteiger partial charge is 0.493 e. The number of unbranched alkanes of at least 4 members (excludes halogenated alkanes) is 10. The minimum Gasteiger partial charge on any atom is -0.493 e. The molecule has 2 rings (SSSR count). The van der Waals surface area contributed by atoms with Gasteiger partial charge in [0.15, 0.2) is 11.5 Å². The minimum atomic E-state index is -0.579. The Morgan fingerprint density at radius 2 is 1.37 bits per heavy atom. The summed E-state index contributed by atoms with van der Waals surface area (Å²) in [4.78, 5) is 43.3. The zero-order valence-corrected chi connectivity index (χ0v) is 27.8. The zero-order valence-electron chi connectivity index (χ0n) is 27.8. The summed E-state index contributed by atoms with van der Waals surface area (Å²) in [6.07, 6.45) is 14.0. The molecule has 9 heteroatoms. The summed E-state index contributed by atoms with van der Waals surface area (Å²) in [6.45, 7) is 9.28. The van der Waals surface area contributed by atoms with Gasteiger partial charge in [-0.1, -0.05) is 85.0 Å². The van der Waals surface area contributed by atoms with E-state index in [1.165, 1.54) is 72.7 Å². The number of methoxy groups -OCH3 is 3. The van der Waals surface area contributed by atoms with Gasteiger partial charge in [-0.15, -0.1) is 0 Å². The summed E-state index contributed by atoms with van der Waals surface area (Å²) in [5, 5.41) is 3.01. The van der Waals surface area contributed by atoms with E-state index >= 15 is 0 Å². The molecule has 1 aromatic carbocycles. The Labute approximate surface area is 260 Å². The third-order valence-corrected chi connectivity index (χ3v) is 8.37. The lowest BCUT2D eigenvalue weighted by Crippen LogP contribution is -2.59. The van der Waals surface area contributed by atoms with Crippen LogP contribution in [0.2, 0.25) is 0 Å². The Morgan fingerprint density at radius 3 is 1.84 bits per heavy atom. The molecule has 2 atom stereocenters. The Kier molecular flexibility index (Phi) is 16.3. The molecule has 0 aromatic heterocycles. The highest BCUT2D eigenvalue weighted by molar-refractivity contribution is 5.96. The first-order valence-corrected chi connectivity index (χ1v) is 16.4. The van der Waals surface area contributed by atoms with Crippen LogP contribution < -0.4 is 19.5 Å². The quantitative estimate of drug-likeness (QED) is 0.188. The van der Waals surface area contributed by atoms with Crippen LogP contribution in [0.25, 0.3) is 0 Å². The molecule has 1 aromatic rings. The second-order valence-electron chi connectivity index (χ2n) is 12.1. The van der Waals surface area contributed by atoms with Gasteiger partial charge in [-0.2, -0.15) is 0 Å². The van der Waals surface area contributed by atoms with Gasteiger partial charge < -0.3 is 29.3 Å². The molecule has 43 heavy (non-hydrogen) atoms. The van der Waals surface area contributed by atoms with Gasteiger partial charge in [0, 0.05) is 37.7 Å². The number of hydrogen-bond acceptors (Lipinski definition) is 6. The van der Waals surface area contributed by atoms with E-state index in [0.717, 1.165) is 19.3 Å². The standard InChI is InChI=1S/C34H57N3O6/c1-8-9-10-11-12-13-14-15-16-17-18-19-30(38)35-31(25(2)3)34(40)36-20-21-37(26(4)24-36)33(39)27-22-28(41-5)32(43-7)29(23-27)42-6/h22-23,25-26,31H,8-21,24H2,1-7H3,(H,35,38). The average molecular weight is 604 g/mol. The van der Waals surface area contributed by atoms with Crippen molar-refractivity contribution in [1.29, 1.82) is 0 Å². The van der Waals surface area contributed by atoms with Crippen LogP contribution in [0.3, 0.4) is 0 Å². The van der Waals surface area contributed by atoms with E-state index < -0.39 is 6.04 Å². The van der Waals surface area contributed by atoms with Gasteiger partial charge in [0.05, 0.1) is 21.3 Å². The van der Waals surface area contributed by atoms with Gasteiger partial charge in [-0.3, -0.25) is 14.4 Å². The third kappa shape index (κ3) is 11.2. The van der Waals surface area contributed by atoms with Gasteiger partial charge >= 0.3 is 0 Å². The first-order valence-electron chi connectivity index (χ1n) is 16.4. The topological polar surface area (TPSA) is 97.4 Å². The lowest BCUT2D eigenvalue weighted by molar-refractivity contribution is -0.139. The van der Waals surface area contributed by atoms with Crippen molar-refractivity contribution in [3.05, 3.63) is 17.7 Å². The number of carbonyl (C=O) groups excluding carboxylic acids is 3. The lowest BCUT2D eigenvalue weighted by atomic mass is 10.0. The van der Waals surface area contributed by atoms with E-state index in [2.05, 4.69) is 12.2 Å². The van der Waals surface area contributed by atoms with Gasteiger partial charge in [-0.25, -0.2) is 0 Å². The molecular formula is C34H57N3O6. The van der Waals surface area contributed by atoms with Crippen molar-refractivity contribution in [2.75, 3.05) is 41.0 Å². The Bertz CT molecular complexity index is 989. The molecule has 0 radical (unpaired) electrons.